The highest BCUT2D eigenvalue weighted by Gasteiger charge is 2.36. The minimum absolute atomic E-state index is 0.321. The van der Waals surface area contributed by atoms with E-state index >= 15 is 0 Å². The molecule has 0 saturated carbocycles. The predicted molar refractivity (Wildman–Crippen MR) is 138 cm³/mol. The Hall–Kier alpha value is -3.81. The van der Waals surface area contributed by atoms with Crippen LogP contribution in [0.3, 0.4) is 0 Å². The Morgan fingerprint density at radius 2 is 1.80 bits per heavy atom. The molecule has 1 aliphatic rings. The summed E-state index contributed by atoms with van der Waals surface area (Å²) < 4.78 is 7.09. The van der Waals surface area contributed by atoms with Crippen molar-refractivity contribution in [3.8, 4) is 17.1 Å². The summed E-state index contributed by atoms with van der Waals surface area (Å²) in [5.41, 5.74) is 3.16. The van der Waals surface area contributed by atoms with Crippen LogP contribution in [0.25, 0.3) is 11.4 Å². The summed E-state index contributed by atoms with van der Waals surface area (Å²) in [6.07, 6.45) is 0. The summed E-state index contributed by atoms with van der Waals surface area (Å²) in [5, 5.41) is 11.9. The van der Waals surface area contributed by atoms with Crippen LogP contribution in [0.1, 0.15) is 18.5 Å². The van der Waals surface area contributed by atoms with Crippen LogP contribution in [0.4, 0.5) is 11.6 Å². The number of anilines is 2. The monoisotopic (exact) mass is 505 g/mol. The first-order valence-corrected chi connectivity index (χ1v) is 11.6. The standard InChI is InChI=1S/C26H21Cl2N5O2/c1-15-22(25(34)30-20-10-6-7-11-21(20)35-2)23(18-13-12-17(27)14-19(18)28)33-26(29-15)31-24(32-33)16-8-4-3-5-9-16/h3-14,23H,1-2H3,(H,30,34)(H,29,31,32). The van der Waals surface area contributed by atoms with E-state index in [0.717, 1.165) is 5.56 Å². The zero-order valence-electron chi connectivity index (χ0n) is 18.9. The van der Waals surface area contributed by atoms with Gasteiger partial charge in [0.2, 0.25) is 5.95 Å². The summed E-state index contributed by atoms with van der Waals surface area (Å²) in [6, 6.07) is 21.4. The van der Waals surface area contributed by atoms with Crippen molar-refractivity contribution in [2.45, 2.75) is 13.0 Å². The molecule has 0 radical (unpaired) electrons. The van der Waals surface area contributed by atoms with E-state index in [2.05, 4.69) is 15.6 Å². The van der Waals surface area contributed by atoms with Gasteiger partial charge in [0.15, 0.2) is 5.82 Å². The molecular formula is C26H21Cl2N5O2. The van der Waals surface area contributed by atoms with Crippen molar-refractivity contribution in [3.63, 3.8) is 0 Å². The van der Waals surface area contributed by atoms with E-state index in [1.807, 2.05) is 49.4 Å². The van der Waals surface area contributed by atoms with Crippen LogP contribution >= 0.6 is 23.2 Å². The number of nitrogens with one attached hydrogen (secondary N) is 2. The molecule has 1 aromatic heterocycles. The van der Waals surface area contributed by atoms with E-state index in [4.69, 9.17) is 33.0 Å². The third-order valence-electron chi connectivity index (χ3n) is 5.74. The molecule has 1 unspecified atom stereocenters. The number of nitrogens with zero attached hydrogens (tertiary/aromatic N) is 3. The van der Waals surface area contributed by atoms with E-state index in [1.54, 1.807) is 42.1 Å². The number of rotatable bonds is 5. The quantitative estimate of drug-likeness (QED) is 0.338. The van der Waals surface area contributed by atoms with E-state index in [-0.39, 0.29) is 5.91 Å². The minimum atomic E-state index is -0.643. The molecule has 1 aliphatic heterocycles. The highest BCUT2D eigenvalue weighted by Crippen LogP contribution is 2.40. The molecule has 0 spiro atoms. The number of para-hydroxylation sites is 2. The van der Waals surface area contributed by atoms with Gasteiger partial charge in [-0.1, -0.05) is 71.7 Å². The number of methoxy groups -OCH3 is 1. The molecule has 5 rings (SSSR count). The molecule has 1 amide bonds. The van der Waals surface area contributed by atoms with Crippen LogP contribution in [-0.4, -0.2) is 27.8 Å². The van der Waals surface area contributed by atoms with Crippen molar-refractivity contribution in [1.29, 1.82) is 0 Å². The topological polar surface area (TPSA) is 81.1 Å². The van der Waals surface area contributed by atoms with Gasteiger partial charge in [0.25, 0.3) is 5.91 Å². The summed E-state index contributed by atoms with van der Waals surface area (Å²) in [4.78, 5) is 18.4. The van der Waals surface area contributed by atoms with Gasteiger partial charge in [-0.05, 0) is 31.2 Å². The molecule has 0 fully saturated rings. The van der Waals surface area contributed by atoms with Gasteiger partial charge < -0.3 is 15.4 Å². The Labute approximate surface area is 212 Å². The maximum Gasteiger partial charge on any atom is 0.255 e. The fourth-order valence-electron chi connectivity index (χ4n) is 4.10. The molecule has 1 atom stereocenters. The largest absolute Gasteiger partial charge is 0.495 e. The fourth-order valence-corrected chi connectivity index (χ4v) is 4.61. The first-order chi connectivity index (χ1) is 17.0. The van der Waals surface area contributed by atoms with Crippen LogP contribution in [-0.2, 0) is 4.79 Å². The van der Waals surface area contributed by atoms with Crippen molar-refractivity contribution >= 4 is 40.7 Å². The maximum atomic E-state index is 13.7. The molecule has 2 heterocycles. The van der Waals surface area contributed by atoms with Gasteiger partial charge in [-0.3, -0.25) is 4.79 Å². The van der Waals surface area contributed by atoms with Crippen LogP contribution in [0, 0.1) is 0 Å². The number of benzene rings is 3. The number of aromatic nitrogens is 3. The number of ether oxygens (including phenoxy) is 1. The van der Waals surface area contributed by atoms with Gasteiger partial charge in [-0.25, -0.2) is 4.68 Å². The van der Waals surface area contributed by atoms with Gasteiger partial charge in [0, 0.05) is 26.9 Å². The molecule has 2 N–H and O–H groups in total. The van der Waals surface area contributed by atoms with Gasteiger partial charge in [0.1, 0.15) is 11.8 Å². The zero-order valence-corrected chi connectivity index (χ0v) is 20.4. The second-order valence-electron chi connectivity index (χ2n) is 7.96. The van der Waals surface area contributed by atoms with E-state index in [9.17, 15) is 4.79 Å². The fraction of sp³-hybridized carbons (Fsp3) is 0.115. The van der Waals surface area contributed by atoms with Gasteiger partial charge in [-0.15, -0.1) is 5.10 Å². The van der Waals surface area contributed by atoms with E-state index < -0.39 is 6.04 Å². The molecule has 3 aromatic carbocycles. The SMILES string of the molecule is COc1ccccc1NC(=O)C1=C(C)Nc2nc(-c3ccccc3)nn2C1c1ccc(Cl)cc1Cl. The van der Waals surface area contributed by atoms with Crippen LogP contribution in [0.2, 0.25) is 10.0 Å². The average Bonchev–Trinajstić information content (AvgIpc) is 3.28. The third-order valence-corrected chi connectivity index (χ3v) is 6.30. The lowest BCUT2D eigenvalue weighted by Gasteiger charge is -2.29. The van der Waals surface area contributed by atoms with E-state index in [0.29, 0.717) is 50.1 Å². The molecule has 35 heavy (non-hydrogen) atoms. The van der Waals surface area contributed by atoms with Crippen molar-refractivity contribution < 1.29 is 9.53 Å². The number of carbonyl (C=O) groups is 1. The van der Waals surface area contributed by atoms with Crippen molar-refractivity contribution in [1.82, 2.24) is 14.8 Å². The normalized spacial score (nSPS) is 14.8. The summed E-state index contributed by atoms with van der Waals surface area (Å²) >= 11 is 12.8. The number of hydrogen-bond acceptors (Lipinski definition) is 5. The average molecular weight is 506 g/mol. The Balaban J connectivity index is 1.63. The second-order valence-corrected chi connectivity index (χ2v) is 8.80. The lowest BCUT2D eigenvalue weighted by Crippen LogP contribution is -2.31. The summed E-state index contributed by atoms with van der Waals surface area (Å²) in [5.74, 6) is 1.27. The lowest BCUT2D eigenvalue weighted by molar-refractivity contribution is -0.113. The number of carbonyl (C=O) groups excluding carboxylic acids is 1. The molecular weight excluding hydrogens is 485 g/mol. The Morgan fingerprint density at radius 1 is 1.06 bits per heavy atom. The Bertz CT molecular complexity index is 1450. The van der Waals surface area contributed by atoms with Crippen LogP contribution in [0.15, 0.2) is 84.1 Å². The molecule has 9 heteroatoms. The van der Waals surface area contributed by atoms with Crippen molar-refractivity contribution in [3.05, 3.63) is 99.7 Å². The number of allylic oxidation sites excluding steroid dienone is 1. The highest BCUT2D eigenvalue weighted by molar-refractivity contribution is 6.35. The smallest absolute Gasteiger partial charge is 0.255 e. The Kier molecular flexibility index (Phi) is 6.19. The predicted octanol–water partition coefficient (Wildman–Crippen LogP) is 6.19. The van der Waals surface area contributed by atoms with Crippen LogP contribution < -0.4 is 15.4 Å². The summed E-state index contributed by atoms with van der Waals surface area (Å²) in [6.45, 7) is 1.83. The van der Waals surface area contributed by atoms with Crippen molar-refractivity contribution in [2.75, 3.05) is 17.7 Å². The van der Waals surface area contributed by atoms with Gasteiger partial charge in [-0.2, -0.15) is 4.98 Å². The number of fused-ring (bicyclic) bond motifs is 1. The Morgan fingerprint density at radius 3 is 2.54 bits per heavy atom. The second kappa shape index (κ2) is 9.44. The lowest BCUT2D eigenvalue weighted by atomic mass is 9.95. The number of halogens is 2. The van der Waals surface area contributed by atoms with Crippen molar-refractivity contribution in [2.24, 2.45) is 0 Å². The molecule has 0 aliphatic carbocycles. The third kappa shape index (κ3) is 4.36. The first-order valence-electron chi connectivity index (χ1n) is 10.9. The zero-order chi connectivity index (χ0) is 24.5. The summed E-state index contributed by atoms with van der Waals surface area (Å²) in [7, 11) is 1.56. The highest BCUT2D eigenvalue weighted by atomic mass is 35.5. The molecule has 4 aromatic rings. The number of amides is 1. The maximum absolute atomic E-state index is 13.7. The molecule has 0 bridgehead atoms. The first kappa shape index (κ1) is 23.0. The molecule has 176 valence electrons. The number of hydrogen-bond donors (Lipinski definition) is 2. The minimum Gasteiger partial charge on any atom is -0.495 e. The van der Waals surface area contributed by atoms with Gasteiger partial charge in [0.05, 0.1) is 18.4 Å². The van der Waals surface area contributed by atoms with Crippen LogP contribution in [0.5, 0.6) is 5.75 Å². The van der Waals surface area contributed by atoms with E-state index in [1.165, 1.54) is 0 Å². The molecule has 7 nitrogen and oxygen atoms in total. The molecule has 0 saturated heterocycles. The van der Waals surface area contributed by atoms with Gasteiger partial charge >= 0.3 is 0 Å².